The van der Waals surface area contributed by atoms with Gasteiger partial charge in [-0.3, -0.25) is 4.79 Å². The highest BCUT2D eigenvalue weighted by atomic mass is 32.2. The normalized spacial score (nSPS) is 15.7. The Morgan fingerprint density at radius 1 is 1.09 bits per heavy atom. The van der Waals surface area contributed by atoms with E-state index in [1.165, 1.54) is 23.9 Å². The van der Waals surface area contributed by atoms with Gasteiger partial charge in [-0.1, -0.05) is 12.1 Å². The molecule has 7 heteroatoms. The van der Waals surface area contributed by atoms with Crippen molar-refractivity contribution in [3.63, 3.8) is 0 Å². The number of carbonyl (C=O) groups excluding carboxylic acids is 1. The molecule has 1 aliphatic rings. The molecule has 0 spiro atoms. The molecule has 2 aromatic carbocycles. The molecule has 2 aromatic rings. The molecule has 1 heterocycles. The van der Waals surface area contributed by atoms with Crippen LogP contribution in [-0.2, 0) is 10.0 Å². The summed E-state index contributed by atoms with van der Waals surface area (Å²) in [5, 5.41) is 0. The van der Waals surface area contributed by atoms with Gasteiger partial charge in [0.05, 0.1) is 18.6 Å². The van der Waals surface area contributed by atoms with Crippen LogP contribution in [0.4, 0.5) is 0 Å². The van der Waals surface area contributed by atoms with E-state index >= 15 is 0 Å². The van der Waals surface area contributed by atoms with Crippen LogP contribution in [0.5, 0.6) is 5.75 Å². The lowest BCUT2D eigenvalue weighted by molar-refractivity contribution is 0.0887. The van der Waals surface area contributed by atoms with Gasteiger partial charge in [0, 0.05) is 4.90 Å². The first-order valence-corrected chi connectivity index (χ1v) is 8.89. The fourth-order valence-corrected chi connectivity index (χ4v) is 4.83. The number of rotatable bonds is 4. The fraction of sp³-hybridized carbons (Fsp3) is 0.133. The molecule has 0 radical (unpaired) electrons. The first-order chi connectivity index (χ1) is 10.5. The monoisotopic (exact) mass is 335 g/mol. The second-order valence-electron chi connectivity index (χ2n) is 4.60. The van der Waals surface area contributed by atoms with Crippen molar-refractivity contribution >= 4 is 27.7 Å². The number of methoxy groups -OCH3 is 1. The zero-order valence-electron chi connectivity index (χ0n) is 11.7. The summed E-state index contributed by atoms with van der Waals surface area (Å²) in [6.07, 6.45) is 0. The topological polar surface area (TPSA) is 63.7 Å². The van der Waals surface area contributed by atoms with Crippen molar-refractivity contribution < 1.29 is 17.9 Å². The van der Waals surface area contributed by atoms with Crippen LogP contribution in [0, 0.1) is 0 Å². The molecule has 0 saturated heterocycles. The highest BCUT2D eigenvalue weighted by Crippen LogP contribution is 2.33. The number of ether oxygens (including phenoxy) is 1. The molecular formula is C15H13NO4S2. The van der Waals surface area contributed by atoms with Gasteiger partial charge >= 0.3 is 0 Å². The maximum Gasteiger partial charge on any atom is 0.269 e. The van der Waals surface area contributed by atoms with E-state index in [9.17, 15) is 13.2 Å². The van der Waals surface area contributed by atoms with Crippen LogP contribution in [0.1, 0.15) is 10.4 Å². The number of carbonyl (C=O) groups is 1. The van der Waals surface area contributed by atoms with E-state index in [0.29, 0.717) is 0 Å². The molecule has 0 N–H and O–H groups in total. The van der Waals surface area contributed by atoms with Crippen molar-refractivity contribution in [1.29, 1.82) is 0 Å². The summed E-state index contributed by atoms with van der Waals surface area (Å²) < 4.78 is 30.8. The summed E-state index contributed by atoms with van der Waals surface area (Å²) in [7, 11) is -2.16. The number of hydrogen-bond donors (Lipinski definition) is 0. The Balaban J connectivity index is 1.80. The molecule has 1 amide bonds. The molecule has 0 fully saturated rings. The smallest absolute Gasteiger partial charge is 0.269 e. The first kappa shape index (κ1) is 14.9. The van der Waals surface area contributed by atoms with Gasteiger partial charge in [0.15, 0.2) is 0 Å². The van der Waals surface area contributed by atoms with E-state index in [1.807, 2.05) is 12.1 Å². The number of fused-ring (bicyclic) bond motifs is 1. The van der Waals surface area contributed by atoms with E-state index in [2.05, 4.69) is 0 Å². The van der Waals surface area contributed by atoms with Gasteiger partial charge in [0.2, 0.25) is 0 Å². The van der Waals surface area contributed by atoms with Gasteiger partial charge < -0.3 is 4.74 Å². The molecule has 3 rings (SSSR count). The maximum atomic E-state index is 12.4. The van der Waals surface area contributed by atoms with Crippen LogP contribution < -0.4 is 4.74 Å². The summed E-state index contributed by atoms with van der Waals surface area (Å²) in [5.41, 5.74) is 0.234. The van der Waals surface area contributed by atoms with Crippen LogP contribution in [0.3, 0.4) is 0 Å². The number of nitrogens with zero attached hydrogens (tertiary/aromatic N) is 1. The van der Waals surface area contributed by atoms with Crippen molar-refractivity contribution in [2.75, 3.05) is 13.0 Å². The Bertz CT molecular complexity index is 816. The van der Waals surface area contributed by atoms with Crippen LogP contribution in [0.15, 0.2) is 58.3 Å². The lowest BCUT2D eigenvalue weighted by atomic mass is 10.2. The third-order valence-electron chi connectivity index (χ3n) is 3.32. The highest BCUT2D eigenvalue weighted by Gasteiger charge is 2.40. The zero-order chi connectivity index (χ0) is 15.7. The lowest BCUT2D eigenvalue weighted by Crippen LogP contribution is -2.29. The summed E-state index contributed by atoms with van der Waals surface area (Å²) >= 11 is 1.28. The molecule has 5 nitrogen and oxygen atoms in total. The third-order valence-corrected chi connectivity index (χ3v) is 6.26. The maximum absolute atomic E-state index is 12.4. The van der Waals surface area contributed by atoms with Crippen LogP contribution in [0.2, 0.25) is 0 Å². The highest BCUT2D eigenvalue weighted by molar-refractivity contribution is 8.00. The van der Waals surface area contributed by atoms with E-state index in [0.717, 1.165) is 15.0 Å². The van der Waals surface area contributed by atoms with Crippen LogP contribution >= 0.6 is 11.8 Å². The minimum Gasteiger partial charge on any atom is -0.497 e. The molecule has 0 aromatic heterocycles. The van der Waals surface area contributed by atoms with E-state index < -0.39 is 15.9 Å². The molecule has 0 saturated carbocycles. The number of sulfonamides is 1. The molecule has 22 heavy (non-hydrogen) atoms. The van der Waals surface area contributed by atoms with E-state index in [-0.39, 0.29) is 16.3 Å². The molecule has 0 bridgehead atoms. The second kappa shape index (κ2) is 5.66. The van der Waals surface area contributed by atoms with Crippen LogP contribution in [-0.4, -0.2) is 31.6 Å². The number of benzene rings is 2. The van der Waals surface area contributed by atoms with Crippen molar-refractivity contribution in [2.24, 2.45) is 0 Å². The largest absolute Gasteiger partial charge is 0.497 e. The van der Waals surface area contributed by atoms with Gasteiger partial charge in [-0.05, 0) is 36.4 Å². The standard InChI is InChI=1S/C15H13NO4S2/c1-20-11-6-8-12(9-7-11)21-10-16-15(17)13-4-2-3-5-14(13)22(16,18)19/h2-9H,10H2,1H3. The minimum absolute atomic E-state index is 0.0438. The van der Waals surface area contributed by atoms with E-state index in [4.69, 9.17) is 4.74 Å². The molecule has 0 aliphatic carbocycles. The summed E-state index contributed by atoms with van der Waals surface area (Å²) in [4.78, 5) is 13.2. The van der Waals surface area contributed by atoms with Crippen molar-refractivity contribution in [2.45, 2.75) is 9.79 Å². The number of amides is 1. The average molecular weight is 335 g/mol. The van der Waals surface area contributed by atoms with Gasteiger partial charge in [-0.15, -0.1) is 11.8 Å². The predicted molar refractivity (Wildman–Crippen MR) is 83.5 cm³/mol. The molecular weight excluding hydrogens is 322 g/mol. The van der Waals surface area contributed by atoms with Crippen molar-refractivity contribution in [3.8, 4) is 5.75 Å². The summed E-state index contributed by atoms with van der Waals surface area (Å²) in [6, 6.07) is 13.5. The Kier molecular flexibility index (Phi) is 3.84. The van der Waals surface area contributed by atoms with Gasteiger partial charge in [-0.25, -0.2) is 12.7 Å². The van der Waals surface area contributed by atoms with Crippen molar-refractivity contribution in [3.05, 3.63) is 54.1 Å². The first-order valence-electron chi connectivity index (χ1n) is 6.47. The molecule has 1 aliphatic heterocycles. The van der Waals surface area contributed by atoms with Crippen molar-refractivity contribution in [1.82, 2.24) is 4.31 Å². The third kappa shape index (κ3) is 2.46. The fourth-order valence-electron chi connectivity index (χ4n) is 2.16. The molecule has 114 valence electrons. The Morgan fingerprint density at radius 3 is 2.41 bits per heavy atom. The quantitative estimate of drug-likeness (QED) is 0.804. The summed E-state index contributed by atoms with van der Waals surface area (Å²) in [6.45, 7) is 0. The lowest BCUT2D eigenvalue weighted by Gasteiger charge is -2.14. The zero-order valence-corrected chi connectivity index (χ0v) is 13.4. The summed E-state index contributed by atoms with van der Waals surface area (Å²) in [5.74, 6) is 0.292. The number of thioether (sulfide) groups is 1. The average Bonchev–Trinajstić information content (AvgIpc) is 2.73. The second-order valence-corrected chi connectivity index (χ2v) is 7.45. The predicted octanol–water partition coefficient (Wildman–Crippen LogP) is 2.59. The SMILES string of the molecule is COc1ccc(SCN2C(=O)c3ccccc3S2(=O)=O)cc1. The Labute approximate surface area is 132 Å². The molecule has 0 atom stereocenters. The molecule has 0 unspecified atom stereocenters. The van der Waals surface area contributed by atoms with Gasteiger partial charge in [0.25, 0.3) is 15.9 Å². The minimum atomic E-state index is -3.74. The Hall–Kier alpha value is -1.99. The number of hydrogen-bond acceptors (Lipinski definition) is 5. The van der Waals surface area contributed by atoms with Gasteiger partial charge in [-0.2, -0.15) is 0 Å². The van der Waals surface area contributed by atoms with Crippen LogP contribution in [0.25, 0.3) is 0 Å². The Morgan fingerprint density at radius 2 is 1.77 bits per heavy atom. The van der Waals surface area contributed by atoms with E-state index in [1.54, 1.807) is 31.4 Å². The van der Waals surface area contributed by atoms with Gasteiger partial charge in [0.1, 0.15) is 10.6 Å².